The number of aromatic nitrogens is 1. The van der Waals surface area contributed by atoms with Crippen molar-refractivity contribution in [2.45, 2.75) is 12.3 Å². The number of carbonyl (C=O) groups is 1. The van der Waals surface area contributed by atoms with Crippen LogP contribution in [-0.4, -0.2) is 66.9 Å². The van der Waals surface area contributed by atoms with Crippen LogP contribution in [0.5, 0.6) is 0 Å². The lowest BCUT2D eigenvalue weighted by Crippen LogP contribution is -2.48. The molecule has 1 fully saturated rings. The summed E-state index contributed by atoms with van der Waals surface area (Å²) in [5.41, 5.74) is -0.785. The van der Waals surface area contributed by atoms with E-state index in [1.807, 2.05) is 4.90 Å². The molecule has 6 nitrogen and oxygen atoms in total. The Balaban J connectivity index is 1.96. The summed E-state index contributed by atoms with van der Waals surface area (Å²) in [6.45, 7) is 1.70. The number of aliphatic carboxylic acids is 1. The first-order valence-electron chi connectivity index (χ1n) is 7.06. The van der Waals surface area contributed by atoms with Gasteiger partial charge in [0.1, 0.15) is 5.82 Å². The SMILES string of the molecule is CN(CC(=O)O)CC1CN(c2ccc(C(F)(F)F)cn2)CCO1. The van der Waals surface area contributed by atoms with Crippen molar-refractivity contribution in [2.75, 3.05) is 44.7 Å². The molecular formula is C14H18F3N3O3. The van der Waals surface area contributed by atoms with E-state index < -0.39 is 17.7 Å². The number of carboxylic acid groups (broad SMARTS) is 1. The molecule has 0 saturated carbocycles. The van der Waals surface area contributed by atoms with Crippen molar-refractivity contribution >= 4 is 11.8 Å². The van der Waals surface area contributed by atoms with E-state index >= 15 is 0 Å². The highest BCUT2D eigenvalue weighted by Gasteiger charge is 2.31. The molecule has 0 amide bonds. The van der Waals surface area contributed by atoms with E-state index in [0.717, 1.165) is 12.3 Å². The minimum atomic E-state index is -4.40. The zero-order valence-corrected chi connectivity index (χ0v) is 12.6. The summed E-state index contributed by atoms with van der Waals surface area (Å²) in [5.74, 6) is -0.475. The van der Waals surface area contributed by atoms with Crippen molar-refractivity contribution < 1.29 is 27.8 Å². The molecule has 1 saturated heterocycles. The summed E-state index contributed by atoms with van der Waals surface area (Å²) in [6.07, 6.45) is -3.81. The number of hydrogen-bond acceptors (Lipinski definition) is 5. The van der Waals surface area contributed by atoms with Gasteiger partial charge < -0.3 is 14.7 Å². The van der Waals surface area contributed by atoms with E-state index in [4.69, 9.17) is 9.84 Å². The van der Waals surface area contributed by atoms with Crippen molar-refractivity contribution in [1.82, 2.24) is 9.88 Å². The van der Waals surface area contributed by atoms with Gasteiger partial charge in [0.25, 0.3) is 0 Å². The summed E-state index contributed by atoms with van der Waals surface area (Å²) >= 11 is 0. The third-order valence-electron chi connectivity index (χ3n) is 3.46. The highest BCUT2D eigenvalue weighted by Crippen LogP contribution is 2.29. The van der Waals surface area contributed by atoms with E-state index in [2.05, 4.69) is 4.98 Å². The Morgan fingerprint density at radius 3 is 2.83 bits per heavy atom. The molecule has 2 heterocycles. The van der Waals surface area contributed by atoms with E-state index in [1.54, 1.807) is 11.9 Å². The van der Waals surface area contributed by atoms with Crippen molar-refractivity contribution in [3.63, 3.8) is 0 Å². The molecule has 0 spiro atoms. The Morgan fingerprint density at radius 2 is 2.26 bits per heavy atom. The molecule has 2 rings (SSSR count). The fraction of sp³-hybridized carbons (Fsp3) is 0.571. The first kappa shape index (κ1) is 17.5. The summed E-state index contributed by atoms with van der Waals surface area (Å²) in [4.78, 5) is 18.0. The average molecular weight is 333 g/mol. The smallest absolute Gasteiger partial charge is 0.417 e. The van der Waals surface area contributed by atoms with Crippen LogP contribution in [0.15, 0.2) is 18.3 Å². The molecule has 23 heavy (non-hydrogen) atoms. The number of rotatable bonds is 5. The zero-order valence-electron chi connectivity index (χ0n) is 12.6. The standard InChI is InChI=1S/C14H18F3N3O3/c1-19(9-13(21)22)7-11-8-20(4-5-23-11)12-3-2-10(6-18-12)14(15,16)17/h2-3,6,11H,4-5,7-9H2,1H3,(H,21,22). The van der Waals surface area contributed by atoms with E-state index in [9.17, 15) is 18.0 Å². The van der Waals surface area contributed by atoms with Crippen LogP contribution < -0.4 is 4.90 Å². The summed E-state index contributed by atoms with van der Waals surface area (Å²) < 4.78 is 43.2. The minimum Gasteiger partial charge on any atom is -0.480 e. The van der Waals surface area contributed by atoms with Crippen LogP contribution in [-0.2, 0) is 15.7 Å². The first-order valence-corrected chi connectivity index (χ1v) is 7.06. The number of likely N-dealkylation sites (N-methyl/N-ethyl adjacent to an activating group) is 1. The Kier molecular flexibility index (Phi) is 5.42. The molecule has 1 unspecified atom stereocenters. The number of anilines is 1. The van der Waals surface area contributed by atoms with Gasteiger partial charge in [-0.05, 0) is 19.2 Å². The predicted molar refractivity (Wildman–Crippen MR) is 76.3 cm³/mol. The molecule has 1 atom stereocenters. The maximum Gasteiger partial charge on any atom is 0.417 e. The van der Waals surface area contributed by atoms with Crippen molar-refractivity contribution in [3.05, 3.63) is 23.9 Å². The third kappa shape index (κ3) is 5.07. The quantitative estimate of drug-likeness (QED) is 0.877. The van der Waals surface area contributed by atoms with Crippen molar-refractivity contribution in [3.8, 4) is 0 Å². The summed E-state index contributed by atoms with van der Waals surface area (Å²) in [5, 5.41) is 8.74. The van der Waals surface area contributed by atoms with Gasteiger partial charge in [0.2, 0.25) is 0 Å². The van der Waals surface area contributed by atoms with Crippen molar-refractivity contribution in [1.29, 1.82) is 0 Å². The van der Waals surface area contributed by atoms with E-state index in [0.29, 0.717) is 32.1 Å². The fourth-order valence-corrected chi connectivity index (χ4v) is 2.42. The lowest BCUT2D eigenvalue weighted by Gasteiger charge is -2.35. The topological polar surface area (TPSA) is 65.9 Å². The number of morpholine rings is 1. The Labute approximate surface area is 131 Å². The molecule has 1 N–H and O–H groups in total. The maximum atomic E-state index is 12.5. The second kappa shape index (κ2) is 7.14. The second-order valence-corrected chi connectivity index (χ2v) is 5.43. The van der Waals surface area contributed by atoms with Crippen LogP contribution in [0.3, 0.4) is 0 Å². The molecule has 9 heteroatoms. The van der Waals surface area contributed by atoms with Gasteiger partial charge in [0, 0.05) is 25.8 Å². The third-order valence-corrected chi connectivity index (χ3v) is 3.46. The van der Waals surface area contributed by atoms with Gasteiger partial charge in [-0.3, -0.25) is 9.69 Å². The Morgan fingerprint density at radius 1 is 1.52 bits per heavy atom. The molecule has 1 aliphatic rings. The normalized spacial score (nSPS) is 19.2. The molecule has 0 aliphatic carbocycles. The maximum absolute atomic E-state index is 12.5. The number of halogens is 3. The highest BCUT2D eigenvalue weighted by atomic mass is 19.4. The van der Waals surface area contributed by atoms with Crippen LogP contribution in [0.4, 0.5) is 19.0 Å². The van der Waals surface area contributed by atoms with Gasteiger partial charge in [-0.15, -0.1) is 0 Å². The Hall–Kier alpha value is -1.87. The summed E-state index contributed by atoms with van der Waals surface area (Å²) in [7, 11) is 1.67. The van der Waals surface area contributed by atoms with Gasteiger partial charge in [-0.2, -0.15) is 13.2 Å². The molecule has 0 bridgehead atoms. The van der Waals surface area contributed by atoms with Crippen LogP contribution in [0.25, 0.3) is 0 Å². The molecule has 0 aromatic carbocycles. The Bertz CT molecular complexity index is 536. The first-order chi connectivity index (χ1) is 10.8. The van der Waals surface area contributed by atoms with Gasteiger partial charge in [-0.25, -0.2) is 4.98 Å². The monoisotopic (exact) mass is 333 g/mol. The molecule has 1 aromatic heterocycles. The van der Waals surface area contributed by atoms with Gasteiger partial charge in [0.15, 0.2) is 0 Å². The van der Waals surface area contributed by atoms with Crippen LogP contribution >= 0.6 is 0 Å². The van der Waals surface area contributed by atoms with E-state index in [-0.39, 0.29) is 12.6 Å². The average Bonchev–Trinajstić information content (AvgIpc) is 2.46. The fourth-order valence-electron chi connectivity index (χ4n) is 2.42. The molecular weight excluding hydrogens is 315 g/mol. The number of pyridine rings is 1. The molecule has 1 aliphatic heterocycles. The van der Waals surface area contributed by atoms with Gasteiger partial charge in [0.05, 0.1) is 24.8 Å². The molecule has 1 aromatic rings. The van der Waals surface area contributed by atoms with Crippen LogP contribution in [0, 0.1) is 0 Å². The highest BCUT2D eigenvalue weighted by molar-refractivity contribution is 5.69. The minimum absolute atomic E-state index is 0.0988. The number of alkyl halides is 3. The molecule has 0 radical (unpaired) electrons. The van der Waals surface area contributed by atoms with Gasteiger partial charge >= 0.3 is 12.1 Å². The second-order valence-electron chi connectivity index (χ2n) is 5.43. The zero-order chi connectivity index (χ0) is 17.0. The predicted octanol–water partition coefficient (Wildman–Crippen LogP) is 1.32. The number of nitrogens with zero attached hydrogens (tertiary/aromatic N) is 3. The largest absolute Gasteiger partial charge is 0.480 e. The lowest BCUT2D eigenvalue weighted by molar-refractivity contribution is -0.139. The van der Waals surface area contributed by atoms with Gasteiger partial charge in [-0.1, -0.05) is 0 Å². The van der Waals surface area contributed by atoms with Crippen molar-refractivity contribution in [2.24, 2.45) is 0 Å². The van der Waals surface area contributed by atoms with Crippen LogP contribution in [0.2, 0.25) is 0 Å². The van der Waals surface area contributed by atoms with E-state index in [1.165, 1.54) is 6.07 Å². The van der Waals surface area contributed by atoms with Crippen LogP contribution in [0.1, 0.15) is 5.56 Å². The number of carboxylic acids is 1. The number of ether oxygens (including phenoxy) is 1. The summed E-state index contributed by atoms with van der Waals surface area (Å²) in [6, 6.07) is 2.34. The lowest BCUT2D eigenvalue weighted by atomic mass is 10.2. The molecule has 128 valence electrons. The number of hydrogen-bond donors (Lipinski definition) is 1.